The minimum Gasteiger partial charge on any atom is -0.335 e. The highest BCUT2D eigenvalue weighted by molar-refractivity contribution is 9.10. The van der Waals surface area contributed by atoms with Gasteiger partial charge in [0.2, 0.25) is 0 Å². The lowest BCUT2D eigenvalue weighted by Crippen LogP contribution is -2.09. The summed E-state index contributed by atoms with van der Waals surface area (Å²) in [5.41, 5.74) is 3.70. The van der Waals surface area contributed by atoms with Crippen LogP contribution in [0.25, 0.3) is 0 Å². The summed E-state index contributed by atoms with van der Waals surface area (Å²) in [5.74, 6) is 1.82. The number of hydrogen-bond donors (Lipinski definition) is 1. The molecule has 0 saturated heterocycles. The fourth-order valence-electron chi connectivity index (χ4n) is 2.36. The number of aryl methyl sites for hydroxylation is 2. The third-order valence-corrected chi connectivity index (χ3v) is 4.68. The second kappa shape index (κ2) is 6.31. The molecule has 19 heavy (non-hydrogen) atoms. The molecule has 2 nitrogen and oxygen atoms in total. The van der Waals surface area contributed by atoms with Crippen molar-refractivity contribution in [1.29, 1.82) is 0 Å². The molecule has 0 saturated carbocycles. The van der Waals surface area contributed by atoms with Crippen LogP contribution in [0.15, 0.2) is 21.6 Å². The molecule has 0 fully saturated rings. The zero-order valence-corrected chi connectivity index (χ0v) is 14.4. The van der Waals surface area contributed by atoms with Crippen LogP contribution in [0, 0.1) is 19.8 Å². The predicted octanol–water partition coefficient (Wildman–Crippen LogP) is 5.00. The first kappa shape index (κ1) is 14.9. The number of nitrogens with zero attached hydrogens (tertiary/aromatic N) is 1. The van der Waals surface area contributed by atoms with Crippen LogP contribution in [0.3, 0.4) is 0 Å². The molecule has 1 aromatic carbocycles. The summed E-state index contributed by atoms with van der Waals surface area (Å²) in [4.78, 5) is 4.78. The molecule has 0 spiro atoms. The third kappa shape index (κ3) is 3.99. The fraction of sp³-hybridized carbons (Fsp3) is 0.533. The van der Waals surface area contributed by atoms with Crippen molar-refractivity contribution in [2.75, 3.05) is 11.1 Å². The second-order valence-electron chi connectivity index (χ2n) is 5.57. The van der Waals surface area contributed by atoms with E-state index in [0.717, 1.165) is 15.4 Å². The molecule has 0 bridgehead atoms. The Morgan fingerprint density at radius 3 is 2.58 bits per heavy atom. The third-order valence-electron chi connectivity index (χ3n) is 3.19. The highest BCUT2D eigenvalue weighted by Crippen LogP contribution is 2.29. The molecule has 1 heterocycles. The Balaban J connectivity index is 2.10. The van der Waals surface area contributed by atoms with Crippen LogP contribution < -0.4 is 5.32 Å². The van der Waals surface area contributed by atoms with Gasteiger partial charge in [-0.3, -0.25) is 4.99 Å². The maximum Gasteiger partial charge on any atom is 0.161 e. The minimum absolute atomic E-state index is 0.476. The first-order valence-corrected chi connectivity index (χ1v) is 8.48. The van der Waals surface area contributed by atoms with Gasteiger partial charge >= 0.3 is 0 Å². The smallest absolute Gasteiger partial charge is 0.161 e. The van der Waals surface area contributed by atoms with E-state index in [1.807, 2.05) is 11.8 Å². The largest absolute Gasteiger partial charge is 0.335 e. The first-order valence-electron chi connectivity index (χ1n) is 6.70. The fourth-order valence-corrected chi connectivity index (χ4v) is 4.01. The van der Waals surface area contributed by atoms with Crippen LogP contribution in [0.1, 0.15) is 31.4 Å². The number of rotatable bonds is 3. The van der Waals surface area contributed by atoms with Gasteiger partial charge in [0.25, 0.3) is 0 Å². The molecule has 1 aliphatic rings. The van der Waals surface area contributed by atoms with Gasteiger partial charge in [-0.2, -0.15) is 0 Å². The Bertz CT molecular complexity index is 474. The zero-order chi connectivity index (χ0) is 14.0. The van der Waals surface area contributed by atoms with Crippen molar-refractivity contribution in [3.8, 4) is 0 Å². The van der Waals surface area contributed by atoms with E-state index in [1.54, 1.807) is 0 Å². The van der Waals surface area contributed by atoms with Crippen LogP contribution in [-0.2, 0) is 0 Å². The molecule has 1 N–H and O–H groups in total. The number of amidine groups is 1. The highest BCUT2D eigenvalue weighted by Gasteiger charge is 2.20. The molecule has 1 aromatic rings. The van der Waals surface area contributed by atoms with Gasteiger partial charge in [-0.1, -0.05) is 41.5 Å². The van der Waals surface area contributed by atoms with Gasteiger partial charge in [0, 0.05) is 15.9 Å². The van der Waals surface area contributed by atoms with E-state index in [2.05, 4.69) is 61.1 Å². The molecular formula is C15H21BrN2S. The number of hydrogen-bond acceptors (Lipinski definition) is 3. The lowest BCUT2D eigenvalue weighted by Gasteiger charge is -2.12. The molecule has 4 heteroatoms. The van der Waals surface area contributed by atoms with E-state index in [0.29, 0.717) is 12.0 Å². The van der Waals surface area contributed by atoms with Crippen molar-refractivity contribution in [2.45, 2.75) is 40.2 Å². The molecule has 0 aliphatic carbocycles. The Labute approximate surface area is 128 Å². The van der Waals surface area contributed by atoms with Crippen LogP contribution in [0.5, 0.6) is 0 Å². The quantitative estimate of drug-likeness (QED) is 0.837. The molecule has 104 valence electrons. The predicted molar refractivity (Wildman–Crippen MR) is 90.4 cm³/mol. The summed E-state index contributed by atoms with van der Waals surface area (Å²) in [6.45, 7) is 8.78. The normalized spacial score (nSPS) is 18.8. The first-order chi connectivity index (χ1) is 8.95. The summed E-state index contributed by atoms with van der Waals surface area (Å²) in [7, 11) is 0. The number of benzene rings is 1. The van der Waals surface area contributed by atoms with Gasteiger partial charge in [-0.15, -0.1) is 0 Å². The van der Waals surface area contributed by atoms with Gasteiger partial charge < -0.3 is 5.32 Å². The Morgan fingerprint density at radius 1 is 1.37 bits per heavy atom. The minimum atomic E-state index is 0.476. The lowest BCUT2D eigenvalue weighted by atomic mass is 10.1. The van der Waals surface area contributed by atoms with E-state index >= 15 is 0 Å². The summed E-state index contributed by atoms with van der Waals surface area (Å²) >= 11 is 5.37. The number of anilines is 1. The van der Waals surface area contributed by atoms with Gasteiger partial charge in [0.1, 0.15) is 0 Å². The SMILES string of the molecule is Cc1cc(Br)cc(C)c1NC1=NC(CC(C)C)CS1. The number of nitrogens with one attached hydrogen (secondary N) is 1. The van der Waals surface area contributed by atoms with Gasteiger partial charge in [0.15, 0.2) is 5.17 Å². The average molecular weight is 341 g/mol. The molecule has 1 atom stereocenters. The van der Waals surface area contributed by atoms with Crippen molar-refractivity contribution < 1.29 is 0 Å². The van der Waals surface area contributed by atoms with Crippen LogP contribution in [0.4, 0.5) is 5.69 Å². The summed E-state index contributed by atoms with van der Waals surface area (Å²) < 4.78 is 1.13. The van der Waals surface area contributed by atoms with E-state index in [4.69, 9.17) is 4.99 Å². The van der Waals surface area contributed by atoms with E-state index in [9.17, 15) is 0 Å². The maximum atomic E-state index is 4.78. The molecule has 2 rings (SSSR count). The van der Waals surface area contributed by atoms with Gasteiger partial charge in [0.05, 0.1) is 6.04 Å². The topological polar surface area (TPSA) is 24.4 Å². The van der Waals surface area contributed by atoms with E-state index in [-0.39, 0.29) is 0 Å². The standard InChI is InChI=1S/C15H21BrN2S/c1-9(2)5-13-8-19-15(17-13)18-14-10(3)6-12(16)7-11(14)4/h6-7,9,13H,5,8H2,1-4H3,(H,17,18). The van der Waals surface area contributed by atoms with E-state index in [1.165, 1.54) is 23.2 Å². The van der Waals surface area contributed by atoms with Crippen LogP contribution in [-0.4, -0.2) is 17.0 Å². The lowest BCUT2D eigenvalue weighted by molar-refractivity contribution is 0.529. The Hall–Kier alpha value is -0.480. The van der Waals surface area contributed by atoms with Crippen molar-refractivity contribution in [2.24, 2.45) is 10.9 Å². The average Bonchev–Trinajstić information content (AvgIpc) is 2.70. The van der Waals surface area contributed by atoms with Crippen molar-refractivity contribution >= 4 is 38.5 Å². The summed E-state index contributed by atoms with van der Waals surface area (Å²) in [5, 5.41) is 4.57. The van der Waals surface area contributed by atoms with Gasteiger partial charge in [-0.05, 0) is 49.4 Å². The van der Waals surface area contributed by atoms with Crippen LogP contribution >= 0.6 is 27.7 Å². The Kier molecular flexibility index (Phi) is 4.96. The number of thioether (sulfide) groups is 1. The maximum absolute atomic E-state index is 4.78. The molecule has 1 aliphatic heterocycles. The van der Waals surface area contributed by atoms with Crippen LogP contribution in [0.2, 0.25) is 0 Å². The van der Waals surface area contributed by atoms with Crippen molar-refractivity contribution in [1.82, 2.24) is 0 Å². The molecule has 1 unspecified atom stereocenters. The van der Waals surface area contributed by atoms with Crippen molar-refractivity contribution in [3.05, 3.63) is 27.7 Å². The molecule has 0 aromatic heterocycles. The highest BCUT2D eigenvalue weighted by atomic mass is 79.9. The molecular weight excluding hydrogens is 320 g/mol. The molecule has 0 amide bonds. The number of halogens is 1. The van der Waals surface area contributed by atoms with Crippen molar-refractivity contribution in [3.63, 3.8) is 0 Å². The summed E-state index contributed by atoms with van der Waals surface area (Å²) in [6, 6.07) is 4.76. The molecule has 0 radical (unpaired) electrons. The zero-order valence-electron chi connectivity index (χ0n) is 12.0. The number of aliphatic imine (C=N–C) groups is 1. The Morgan fingerprint density at radius 2 is 2.00 bits per heavy atom. The summed E-state index contributed by atoms with van der Waals surface area (Å²) in [6.07, 6.45) is 1.18. The van der Waals surface area contributed by atoms with Gasteiger partial charge in [-0.25, -0.2) is 0 Å². The second-order valence-corrected chi connectivity index (χ2v) is 7.49. The monoisotopic (exact) mass is 340 g/mol. The van der Waals surface area contributed by atoms with E-state index < -0.39 is 0 Å².